The smallest absolute Gasteiger partial charge is 0.246 e. The molecule has 0 spiro atoms. The highest BCUT2D eigenvalue weighted by molar-refractivity contribution is 7.89. The first-order valence-electron chi connectivity index (χ1n) is 5.23. The van der Waals surface area contributed by atoms with Gasteiger partial charge in [0.05, 0.1) is 6.20 Å². The van der Waals surface area contributed by atoms with Crippen LogP contribution in [0.5, 0.6) is 0 Å². The molecular formula is C9H16N4O2S. The zero-order valence-corrected chi connectivity index (χ0v) is 10.0. The molecule has 2 rings (SSSR count). The minimum Gasteiger partial charge on any atom is -0.330 e. The Morgan fingerprint density at radius 3 is 2.88 bits per heavy atom. The Morgan fingerprint density at radius 2 is 2.38 bits per heavy atom. The van der Waals surface area contributed by atoms with Gasteiger partial charge in [-0.1, -0.05) is 0 Å². The topological polar surface area (TPSA) is 81.2 Å². The maximum atomic E-state index is 12.1. The predicted octanol–water partition coefficient (Wildman–Crippen LogP) is -0.611. The van der Waals surface area contributed by atoms with Crippen LogP contribution in [0.15, 0.2) is 17.3 Å². The Hall–Kier alpha value is -0.920. The Balaban J connectivity index is 2.21. The van der Waals surface area contributed by atoms with Crippen LogP contribution in [-0.2, 0) is 17.1 Å². The summed E-state index contributed by atoms with van der Waals surface area (Å²) in [6.45, 7) is 1.62. The van der Waals surface area contributed by atoms with E-state index in [1.165, 1.54) is 21.4 Å². The van der Waals surface area contributed by atoms with Gasteiger partial charge >= 0.3 is 0 Å². The molecule has 6 nitrogen and oxygen atoms in total. The van der Waals surface area contributed by atoms with Crippen LogP contribution in [0.3, 0.4) is 0 Å². The van der Waals surface area contributed by atoms with Crippen molar-refractivity contribution in [1.82, 2.24) is 14.1 Å². The molecule has 1 aromatic heterocycles. The number of rotatable bonds is 3. The van der Waals surface area contributed by atoms with Crippen molar-refractivity contribution < 1.29 is 8.42 Å². The molecule has 2 heterocycles. The molecule has 0 aromatic carbocycles. The van der Waals surface area contributed by atoms with E-state index in [4.69, 9.17) is 5.73 Å². The first-order valence-corrected chi connectivity index (χ1v) is 6.67. The van der Waals surface area contributed by atoms with Crippen LogP contribution < -0.4 is 5.73 Å². The standard InChI is InChI=1S/C9H16N4O2S/c1-12-7-9(5-11-12)16(14,15)13-3-2-8(4-10)6-13/h5,7-8H,2-4,6,10H2,1H3. The fourth-order valence-electron chi connectivity index (χ4n) is 1.89. The molecule has 16 heavy (non-hydrogen) atoms. The lowest BCUT2D eigenvalue weighted by atomic mass is 10.1. The summed E-state index contributed by atoms with van der Waals surface area (Å²) in [6, 6.07) is 0. The molecule has 0 saturated carbocycles. The van der Waals surface area contributed by atoms with Gasteiger partial charge in [-0.2, -0.15) is 9.40 Å². The van der Waals surface area contributed by atoms with Gasteiger partial charge in [0.25, 0.3) is 0 Å². The van der Waals surface area contributed by atoms with E-state index in [2.05, 4.69) is 5.10 Å². The summed E-state index contributed by atoms with van der Waals surface area (Å²) in [5.41, 5.74) is 5.54. The molecule has 0 amide bonds. The van der Waals surface area contributed by atoms with Gasteiger partial charge in [0.2, 0.25) is 10.0 Å². The lowest BCUT2D eigenvalue weighted by Gasteiger charge is -2.14. The van der Waals surface area contributed by atoms with Gasteiger partial charge < -0.3 is 5.73 Å². The number of aromatic nitrogens is 2. The SMILES string of the molecule is Cn1cc(S(=O)(=O)N2CCC(CN)C2)cn1. The van der Waals surface area contributed by atoms with Gasteiger partial charge in [0.15, 0.2) is 0 Å². The largest absolute Gasteiger partial charge is 0.330 e. The Kier molecular flexibility index (Phi) is 3.00. The first-order chi connectivity index (χ1) is 7.54. The van der Waals surface area contributed by atoms with E-state index in [1.807, 2.05) is 0 Å². The first kappa shape index (κ1) is 11.6. The van der Waals surface area contributed by atoms with Crippen LogP contribution in [0.1, 0.15) is 6.42 Å². The summed E-state index contributed by atoms with van der Waals surface area (Å²) in [4.78, 5) is 0.257. The van der Waals surface area contributed by atoms with E-state index < -0.39 is 10.0 Å². The third-order valence-electron chi connectivity index (χ3n) is 2.90. The highest BCUT2D eigenvalue weighted by Crippen LogP contribution is 2.23. The summed E-state index contributed by atoms with van der Waals surface area (Å²) in [7, 11) is -1.67. The average molecular weight is 244 g/mol. The maximum absolute atomic E-state index is 12.1. The summed E-state index contributed by atoms with van der Waals surface area (Å²) < 4.78 is 27.3. The van der Waals surface area contributed by atoms with E-state index in [0.717, 1.165) is 6.42 Å². The van der Waals surface area contributed by atoms with E-state index in [-0.39, 0.29) is 10.8 Å². The quantitative estimate of drug-likeness (QED) is 0.769. The number of hydrogen-bond donors (Lipinski definition) is 1. The molecule has 1 saturated heterocycles. The second-order valence-electron chi connectivity index (χ2n) is 4.10. The number of nitrogens with zero attached hydrogens (tertiary/aromatic N) is 3. The van der Waals surface area contributed by atoms with Crippen LogP contribution in [0, 0.1) is 5.92 Å². The van der Waals surface area contributed by atoms with Gasteiger partial charge in [0.1, 0.15) is 4.90 Å². The van der Waals surface area contributed by atoms with Gasteiger partial charge in [-0.25, -0.2) is 8.42 Å². The molecule has 1 fully saturated rings. The molecule has 1 aliphatic heterocycles. The highest BCUT2D eigenvalue weighted by Gasteiger charge is 2.32. The normalized spacial score (nSPS) is 22.8. The molecule has 1 aliphatic rings. The van der Waals surface area contributed by atoms with Crippen molar-refractivity contribution in [3.8, 4) is 0 Å². The van der Waals surface area contributed by atoms with Crippen LogP contribution in [0.25, 0.3) is 0 Å². The second kappa shape index (κ2) is 4.15. The number of hydrogen-bond acceptors (Lipinski definition) is 4. The molecule has 7 heteroatoms. The Bertz CT molecular complexity index is 468. The van der Waals surface area contributed by atoms with Crippen LogP contribution in [0.2, 0.25) is 0 Å². The summed E-state index contributed by atoms with van der Waals surface area (Å²) in [6.07, 6.45) is 3.74. The van der Waals surface area contributed by atoms with Crippen molar-refractivity contribution >= 4 is 10.0 Å². The fraction of sp³-hybridized carbons (Fsp3) is 0.667. The van der Waals surface area contributed by atoms with Crippen LogP contribution in [-0.4, -0.2) is 42.1 Å². The molecule has 0 bridgehead atoms. The molecule has 2 N–H and O–H groups in total. The number of sulfonamides is 1. The molecule has 0 aliphatic carbocycles. The third-order valence-corrected chi connectivity index (χ3v) is 4.72. The van der Waals surface area contributed by atoms with Gasteiger partial charge in [-0.3, -0.25) is 4.68 Å². The lowest BCUT2D eigenvalue weighted by Crippen LogP contribution is -2.29. The number of nitrogens with two attached hydrogens (primary N) is 1. The minimum atomic E-state index is -3.37. The van der Waals surface area contributed by atoms with E-state index in [0.29, 0.717) is 19.6 Å². The van der Waals surface area contributed by atoms with Crippen molar-refractivity contribution in [2.75, 3.05) is 19.6 Å². The van der Waals surface area contributed by atoms with E-state index in [9.17, 15) is 8.42 Å². The molecule has 0 radical (unpaired) electrons. The fourth-order valence-corrected chi connectivity index (χ4v) is 3.41. The molecule has 1 atom stereocenters. The zero-order valence-electron chi connectivity index (χ0n) is 9.20. The third kappa shape index (κ3) is 1.98. The lowest BCUT2D eigenvalue weighted by molar-refractivity contribution is 0.459. The molecule has 1 aromatic rings. The Labute approximate surface area is 95.1 Å². The monoisotopic (exact) mass is 244 g/mol. The van der Waals surface area contributed by atoms with E-state index >= 15 is 0 Å². The zero-order chi connectivity index (χ0) is 11.8. The van der Waals surface area contributed by atoms with E-state index in [1.54, 1.807) is 7.05 Å². The highest BCUT2D eigenvalue weighted by atomic mass is 32.2. The van der Waals surface area contributed by atoms with Crippen LogP contribution >= 0.6 is 0 Å². The number of aryl methyl sites for hydroxylation is 1. The molecule has 90 valence electrons. The Morgan fingerprint density at radius 1 is 1.62 bits per heavy atom. The van der Waals surface area contributed by atoms with Crippen molar-refractivity contribution in [1.29, 1.82) is 0 Å². The second-order valence-corrected chi connectivity index (χ2v) is 6.04. The van der Waals surface area contributed by atoms with Crippen molar-refractivity contribution in [3.63, 3.8) is 0 Å². The van der Waals surface area contributed by atoms with Gasteiger partial charge in [-0.15, -0.1) is 0 Å². The predicted molar refractivity (Wildman–Crippen MR) is 59.1 cm³/mol. The van der Waals surface area contributed by atoms with Crippen molar-refractivity contribution in [3.05, 3.63) is 12.4 Å². The molecule has 1 unspecified atom stereocenters. The van der Waals surface area contributed by atoms with Crippen molar-refractivity contribution in [2.45, 2.75) is 11.3 Å². The van der Waals surface area contributed by atoms with Crippen molar-refractivity contribution in [2.24, 2.45) is 18.7 Å². The maximum Gasteiger partial charge on any atom is 0.246 e. The van der Waals surface area contributed by atoms with Crippen LogP contribution in [0.4, 0.5) is 0 Å². The minimum absolute atomic E-state index is 0.257. The van der Waals surface area contributed by atoms with Gasteiger partial charge in [-0.05, 0) is 18.9 Å². The van der Waals surface area contributed by atoms with Gasteiger partial charge in [0, 0.05) is 26.3 Å². The summed E-state index contributed by atoms with van der Waals surface area (Å²) in [5.74, 6) is 0.284. The summed E-state index contributed by atoms with van der Waals surface area (Å²) in [5, 5.41) is 3.88. The molecular weight excluding hydrogens is 228 g/mol. The summed E-state index contributed by atoms with van der Waals surface area (Å²) >= 11 is 0. The average Bonchev–Trinajstić information content (AvgIpc) is 2.85.